The molecule has 0 atom stereocenters. The molecule has 146 valence electrons. The number of hydrogen-bond donors (Lipinski definition) is 0. The second-order valence-electron chi connectivity index (χ2n) is 6.83. The number of aryl methyl sites for hydroxylation is 2. The van der Waals surface area contributed by atoms with E-state index in [1.165, 1.54) is 4.31 Å². The first-order valence-electron chi connectivity index (χ1n) is 9.37. The van der Waals surface area contributed by atoms with Gasteiger partial charge in [0.25, 0.3) is 0 Å². The van der Waals surface area contributed by atoms with Crippen molar-refractivity contribution in [3.05, 3.63) is 29.3 Å². The van der Waals surface area contributed by atoms with Gasteiger partial charge in [-0.15, -0.1) is 0 Å². The smallest absolute Gasteiger partial charge is 0.243 e. The van der Waals surface area contributed by atoms with E-state index in [-0.39, 0.29) is 5.91 Å². The maximum absolute atomic E-state index is 12.9. The molecule has 0 aromatic heterocycles. The minimum absolute atomic E-state index is 0.112. The lowest BCUT2D eigenvalue weighted by atomic mass is 10.2. The van der Waals surface area contributed by atoms with Crippen molar-refractivity contribution in [2.24, 2.45) is 0 Å². The zero-order valence-corrected chi connectivity index (χ0v) is 17.2. The van der Waals surface area contributed by atoms with Crippen LogP contribution < -0.4 is 0 Å². The Morgan fingerprint density at radius 1 is 1.08 bits per heavy atom. The van der Waals surface area contributed by atoms with Crippen molar-refractivity contribution in [1.82, 2.24) is 14.1 Å². The molecule has 2 rings (SSSR count). The van der Waals surface area contributed by atoms with Crippen molar-refractivity contribution < 1.29 is 13.2 Å². The fourth-order valence-corrected chi connectivity index (χ4v) is 4.99. The Labute approximate surface area is 157 Å². The number of sulfonamides is 1. The Hall–Kier alpha value is -1.44. The van der Waals surface area contributed by atoms with Gasteiger partial charge in [-0.05, 0) is 44.1 Å². The fraction of sp³-hybridized carbons (Fsp3) is 0.632. The average molecular weight is 382 g/mol. The van der Waals surface area contributed by atoms with Crippen LogP contribution in [0.25, 0.3) is 0 Å². The summed E-state index contributed by atoms with van der Waals surface area (Å²) in [6.45, 7) is 12.1. The van der Waals surface area contributed by atoms with Crippen molar-refractivity contribution in [3.63, 3.8) is 0 Å². The van der Waals surface area contributed by atoms with E-state index in [4.69, 9.17) is 0 Å². The van der Waals surface area contributed by atoms with Gasteiger partial charge >= 0.3 is 0 Å². The van der Waals surface area contributed by atoms with Gasteiger partial charge in [-0.3, -0.25) is 4.79 Å². The van der Waals surface area contributed by atoms with Crippen molar-refractivity contribution in [2.75, 3.05) is 45.8 Å². The highest BCUT2D eigenvalue weighted by Crippen LogP contribution is 2.22. The van der Waals surface area contributed by atoms with Crippen LogP contribution in [0.3, 0.4) is 0 Å². The van der Waals surface area contributed by atoms with E-state index in [2.05, 4.69) is 18.7 Å². The first-order chi connectivity index (χ1) is 12.3. The van der Waals surface area contributed by atoms with Crippen LogP contribution in [0.4, 0.5) is 0 Å². The van der Waals surface area contributed by atoms with Gasteiger partial charge in [0.1, 0.15) is 0 Å². The summed E-state index contributed by atoms with van der Waals surface area (Å²) in [4.78, 5) is 16.8. The van der Waals surface area contributed by atoms with E-state index >= 15 is 0 Å². The molecule has 6 nitrogen and oxygen atoms in total. The molecule has 0 spiro atoms. The molecule has 0 N–H and O–H groups in total. The van der Waals surface area contributed by atoms with Crippen LogP contribution in [-0.2, 0) is 14.8 Å². The lowest BCUT2D eigenvalue weighted by molar-refractivity contribution is -0.132. The number of amides is 1. The van der Waals surface area contributed by atoms with E-state index in [0.717, 1.165) is 30.8 Å². The molecule has 1 saturated heterocycles. The number of rotatable bonds is 7. The summed E-state index contributed by atoms with van der Waals surface area (Å²) in [7, 11) is -3.51. The number of piperazine rings is 1. The maximum Gasteiger partial charge on any atom is 0.243 e. The highest BCUT2D eigenvalue weighted by atomic mass is 32.2. The van der Waals surface area contributed by atoms with Crippen LogP contribution in [0.15, 0.2) is 23.1 Å². The Morgan fingerprint density at radius 2 is 1.69 bits per heavy atom. The van der Waals surface area contributed by atoms with Gasteiger partial charge in [-0.1, -0.05) is 26.0 Å². The van der Waals surface area contributed by atoms with E-state index in [1.807, 2.05) is 26.0 Å². The molecule has 7 heteroatoms. The molecule has 0 radical (unpaired) electrons. The van der Waals surface area contributed by atoms with Gasteiger partial charge in [0, 0.05) is 39.1 Å². The van der Waals surface area contributed by atoms with Crippen LogP contribution in [0.2, 0.25) is 0 Å². The molecule has 1 aromatic rings. The highest BCUT2D eigenvalue weighted by molar-refractivity contribution is 7.89. The molecular formula is C19H31N3O3S. The number of carbonyl (C=O) groups is 1. The van der Waals surface area contributed by atoms with Crippen LogP contribution in [0, 0.1) is 13.8 Å². The normalized spacial score (nSPS) is 16.3. The van der Waals surface area contributed by atoms with E-state index in [1.54, 1.807) is 11.0 Å². The van der Waals surface area contributed by atoms with E-state index in [0.29, 0.717) is 37.5 Å². The maximum atomic E-state index is 12.9. The van der Waals surface area contributed by atoms with E-state index < -0.39 is 10.0 Å². The summed E-state index contributed by atoms with van der Waals surface area (Å²) in [6, 6.07) is 5.49. The summed E-state index contributed by atoms with van der Waals surface area (Å²) in [5.74, 6) is 0.112. The largest absolute Gasteiger partial charge is 0.340 e. The third kappa shape index (κ3) is 4.84. The predicted molar refractivity (Wildman–Crippen MR) is 104 cm³/mol. The number of carbonyl (C=O) groups excluding carboxylic acids is 1. The predicted octanol–water partition coefficient (Wildman–Crippen LogP) is 1.87. The third-order valence-corrected chi connectivity index (χ3v) is 7.13. The molecule has 1 aromatic carbocycles. The lowest BCUT2D eigenvalue weighted by Gasteiger charge is -2.34. The number of nitrogens with zero attached hydrogens (tertiary/aromatic N) is 3. The molecule has 1 heterocycles. The second-order valence-corrected chi connectivity index (χ2v) is 8.74. The quantitative estimate of drug-likeness (QED) is 0.723. The zero-order valence-electron chi connectivity index (χ0n) is 16.4. The topological polar surface area (TPSA) is 60.9 Å². The van der Waals surface area contributed by atoms with Crippen LogP contribution >= 0.6 is 0 Å². The SMILES string of the molecule is CCN(CC)CCC(=O)N1CCN(S(=O)(=O)c2cc(C)ccc2C)CC1. The third-order valence-electron chi connectivity index (χ3n) is 5.09. The Kier molecular flexibility index (Phi) is 7.20. The first-order valence-corrected chi connectivity index (χ1v) is 10.8. The van der Waals surface area contributed by atoms with Crippen molar-refractivity contribution in [2.45, 2.75) is 39.0 Å². The Morgan fingerprint density at radius 3 is 2.27 bits per heavy atom. The molecule has 1 aliphatic rings. The molecule has 1 fully saturated rings. The van der Waals surface area contributed by atoms with Crippen LogP contribution in [0.1, 0.15) is 31.4 Å². The molecule has 1 aliphatic heterocycles. The van der Waals surface area contributed by atoms with Gasteiger partial charge in [-0.2, -0.15) is 4.31 Å². The molecular weight excluding hydrogens is 350 g/mol. The summed E-state index contributed by atoms with van der Waals surface area (Å²) < 4.78 is 27.4. The highest BCUT2D eigenvalue weighted by Gasteiger charge is 2.31. The lowest BCUT2D eigenvalue weighted by Crippen LogP contribution is -2.51. The number of hydrogen-bond acceptors (Lipinski definition) is 4. The average Bonchev–Trinajstić information content (AvgIpc) is 2.64. The Balaban J connectivity index is 1.97. The molecule has 0 aliphatic carbocycles. The molecule has 26 heavy (non-hydrogen) atoms. The van der Waals surface area contributed by atoms with Gasteiger partial charge in [-0.25, -0.2) is 8.42 Å². The fourth-order valence-electron chi connectivity index (χ4n) is 3.25. The van der Waals surface area contributed by atoms with Crippen molar-refractivity contribution in [1.29, 1.82) is 0 Å². The molecule has 0 unspecified atom stereocenters. The molecule has 0 saturated carbocycles. The second kappa shape index (κ2) is 8.97. The van der Waals surface area contributed by atoms with Crippen molar-refractivity contribution in [3.8, 4) is 0 Å². The summed E-state index contributed by atoms with van der Waals surface area (Å²) in [5, 5.41) is 0. The minimum atomic E-state index is -3.51. The number of benzene rings is 1. The van der Waals surface area contributed by atoms with Crippen molar-refractivity contribution >= 4 is 15.9 Å². The van der Waals surface area contributed by atoms with E-state index in [9.17, 15) is 13.2 Å². The summed E-state index contributed by atoms with van der Waals surface area (Å²) in [6.07, 6.45) is 0.491. The van der Waals surface area contributed by atoms with Gasteiger partial charge in [0.2, 0.25) is 15.9 Å². The minimum Gasteiger partial charge on any atom is -0.340 e. The van der Waals surface area contributed by atoms with Crippen LogP contribution in [0.5, 0.6) is 0 Å². The van der Waals surface area contributed by atoms with Crippen LogP contribution in [-0.4, -0.2) is 74.2 Å². The summed E-state index contributed by atoms with van der Waals surface area (Å²) in [5.41, 5.74) is 1.69. The molecule has 1 amide bonds. The standard InChI is InChI=1S/C19H31N3O3S/c1-5-20(6-2)10-9-19(23)21-11-13-22(14-12-21)26(24,25)18-15-16(3)7-8-17(18)4/h7-8,15H,5-6,9-14H2,1-4H3. The van der Waals surface area contributed by atoms with Gasteiger partial charge < -0.3 is 9.80 Å². The van der Waals surface area contributed by atoms with Gasteiger partial charge in [0.05, 0.1) is 4.90 Å². The zero-order chi connectivity index (χ0) is 19.3. The molecule has 0 bridgehead atoms. The van der Waals surface area contributed by atoms with Gasteiger partial charge in [0.15, 0.2) is 0 Å². The Bertz CT molecular complexity index is 722. The first kappa shape index (κ1) is 20.9. The summed E-state index contributed by atoms with van der Waals surface area (Å²) >= 11 is 0. The monoisotopic (exact) mass is 381 g/mol.